The van der Waals surface area contributed by atoms with E-state index in [1.807, 2.05) is 0 Å². The first-order chi connectivity index (χ1) is 9.26. The molecule has 0 amide bonds. The number of hydrogen-bond acceptors (Lipinski definition) is 3. The first-order valence-corrected chi connectivity index (χ1v) is 7.54. The average molecular weight is 259 g/mol. The van der Waals surface area contributed by atoms with Gasteiger partial charge in [0, 0.05) is 44.5 Å². The fourth-order valence-electron chi connectivity index (χ4n) is 3.29. The number of fused-ring (bicyclic) bond motifs is 1. The Kier molecular flexibility index (Phi) is 3.76. The van der Waals surface area contributed by atoms with Gasteiger partial charge in [0.15, 0.2) is 0 Å². The smallest absolute Gasteiger partial charge is 0.0376 e. The molecule has 0 bridgehead atoms. The van der Waals surface area contributed by atoms with Crippen molar-refractivity contribution >= 4 is 5.69 Å². The third-order valence-corrected chi connectivity index (χ3v) is 4.62. The van der Waals surface area contributed by atoms with Gasteiger partial charge in [0.1, 0.15) is 0 Å². The number of hydrogen-bond donors (Lipinski definition) is 1. The Morgan fingerprint density at radius 1 is 1.32 bits per heavy atom. The Bertz CT molecular complexity index is 444. The molecular weight excluding hydrogens is 234 g/mol. The lowest BCUT2D eigenvalue weighted by molar-refractivity contribution is 0.0884. The minimum atomic E-state index is 0.723. The highest BCUT2D eigenvalue weighted by Gasteiger charge is 2.23. The van der Waals surface area contributed by atoms with Gasteiger partial charge in [0.05, 0.1) is 0 Å². The predicted molar refractivity (Wildman–Crippen MR) is 80.6 cm³/mol. The third-order valence-electron chi connectivity index (χ3n) is 4.62. The highest BCUT2D eigenvalue weighted by molar-refractivity contribution is 5.57. The SMILES string of the molecule is CCC1CN(Cc2ccc3c(c2)NCC3)CCN1C. The van der Waals surface area contributed by atoms with Crippen molar-refractivity contribution < 1.29 is 0 Å². The largest absolute Gasteiger partial charge is 0.384 e. The van der Waals surface area contributed by atoms with Gasteiger partial charge in [-0.2, -0.15) is 0 Å². The zero-order chi connectivity index (χ0) is 13.2. The molecule has 1 atom stereocenters. The van der Waals surface area contributed by atoms with Gasteiger partial charge in [-0.25, -0.2) is 0 Å². The van der Waals surface area contributed by atoms with Gasteiger partial charge < -0.3 is 10.2 Å². The van der Waals surface area contributed by atoms with E-state index in [1.54, 1.807) is 0 Å². The van der Waals surface area contributed by atoms with Crippen molar-refractivity contribution in [3.63, 3.8) is 0 Å². The summed E-state index contributed by atoms with van der Waals surface area (Å²) in [5.41, 5.74) is 4.29. The molecule has 0 aromatic heterocycles. The van der Waals surface area contributed by atoms with Crippen LogP contribution < -0.4 is 5.32 Å². The topological polar surface area (TPSA) is 18.5 Å². The molecule has 1 saturated heterocycles. The summed E-state index contributed by atoms with van der Waals surface area (Å²) in [6, 6.07) is 7.69. The van der Waals surface area contributed by atoms with E-state index in [9.17, 15) is 0 Å². The fraction of sp³-hybridized carbons (Fsp3) is 0.625. The Morgan fingerprint density at radius 3 is 3.05 bits per heavy atom. The molecule has 2 aliphatic rings. The standard InChI is InChI=1S/C16H25N3/c1-3-15-12-19(9-8-18(15)2)11-13-4-5-14-6-7-17-16(14)10-13/h4-5,10,15,17H,3,6-9,11-12H2,1-2H3. The molecule has 3 rings (SSSR count). The Morgan fingerprint density at radius 2 is 2.21 bits per heavy atom. The van der Waals surface area contributed by atoms with Crippen LogP contribution in [-0.4, -0.2) is 49.1 Å². The Balaban J connectivity index is 1.65. The van der Waals surface area contributed by atoms with Gasteiger partial charge >= 0.3 is 0 Å². The third kappa shape index (κ3) is 2.77. The second kappa shape index (κ2) is 5.51. The van der Waals surface area contributed by atoms with Gasteiger partial charge in [0.25, 0.3) is 0 Å². The molecule has 0 spiro atoms. The number of piperazine rings is 1. The highest BCUT2D eigenvalue weighted by atomic mass is 15.3. The second-order valence-corrected chi connectivity index (χ2v) is 5.95. The molecule has 1 unspecified atom stereocenters. The lowest BCUT2D eigenvalue weighted by Crippen LogP contribution is -2.50. The quantitative estimate of drug-likeness (QED) is 0.897. The second-order valence-electron chi connectivity index (χ2n) is 5.95. The number of likely N-dealkylation sites (N-methyl/N-ethyl adjacent to an activating group) is 1. The highest BCUT2D eigenvalue weighted by Crippen LogP contribution is 2.24. The van der Waals surface area contributed by atoms with Crippen LogP contribution in [0.3, 0.4) is 0 Å². The first kappa shape index (κ1) is 12.9. The molecule has 0 aliphatic carbocycles. The van der Waals surface area contributed by atoms with Crippen molar-refractivity contribution in [3.8, 4) is 0 Å². The van der Waals surface area contributed by atoms with E-state index in [2.05, 4.69) is 47.3 Å². The maximum Gasteiger partial charge on any atom is 0.0376 e. The van der Waals surface area contributed by atoms with Crippen LogP contribution in [0.5, 0.6) is 0 Å². The summed E-state index contributed by atoms with van der Waals surface area (Å²) in [5, 5.41) is 3.48. The maximum atomic E-state index is 3.48. The van der Waals surface area contributed by atoms with Gasteiger partial charge in [0.2, 0.25) is 0 Å². The predicted octanol–water partition coefficient (Wildman–Crippen LogP) is 2.18. The minimum absolute atomic E-state index is 0.723. The zero-order valence-corrected chi connectivity index (χ0v) is 12.2. The summed E-state index contributed by atoms with van der Waals surface area (Å²) in [5.74, 6) is 0. The van der Waals surface area contributed by atoms with E-state index < -0.39 is 0 Å². The fourth-order valence-corrected chi connectivity index (χ4v) is 3.29. The molecule has 1 aromatic carbocycles. The van der Waals surface area contributed by atoms with E-state index >= 15 is 0 Å². The van der Waals surface area contributed by atoms with Gasteiger partial charge in [-0.1, -0.05) is 19.1 Å². The van der Waals surface area contributed by atoms with Crippen LogP contribution in [0.1, 0.15) is 24.5 Å². The van der Waals surface area contributed by atoms with Gasteiger partial charge in [-0.15, -0.1) is 0 Å². The molecule has 3 heteroatoms. The molecule has 0 radical (unpaired) electrons. The summed E-state index contributed by atoms with van der Waals surface area (Å²) in [6.07, 6.45) is 2.43. The van der Waals surface area contributed by atoms with Crippen LogP contribution >= 0.6 is 0 Å². The first-order valence-electron chi connectivity index (χ1n) is 7.54. The van der Waals surface area contributed by atoms with Crippen molar-refractivity contribution in [2.45, 2.75) is 32.4 Å². The molecular formula is C16H25N3. The van der Waals surface area contributed by atoms with E-state index in [-0.39, 0.29) is 0 Å². The van der Waals surface area contributed by atoms with Crippen molar-refractivity contribution in [1.29, 1.82) is 0 Å². The number of anilines is 1. The lowest BCUT2D eigenvalue weighted by atomic mass is 10.1. The zero-order valence-electron chi connectivity index (χ0n) is 12.2. The minimum Gasteiger partial charge on any atom is -0.384 e. The molecule has 1 fully saturated rings. The van der Waals surface area contributed by atoms with Gasteiger partial charge in [-0.05, 0) is 37.1 Å². The number of nitrogens with zero attached hydrogens (tertiary/aromatic N) is 2. The lowest BCUT2D eigenvalue weighted by Gasteiger charge is -2.39. The molecule has 1 aromatic rings. The molecule has 1 N–H and O–H groups in total. The normalized spacial score (nSPS) is 24.2. The van der Waals surface area contributed by atoms with Crippen LogP contribution in [0.4, 0.5) is 5.69 Å². The number of nitrogens with one attached hydrogen (secondary N) is 1. The number of rotatable bonds is 3. The summed E-state index contributed by atoms with van der Waals surface area (Å²) in [7, 11) is 2.25. The van der Waals surface area contributed by atoms with Crippen LogP contribution in [0, 0.1) is 0 Å². The van der Waals surface area contributed by atoms with E-state index in [4.69, 9.17) is 0 Å². The molecule has 104 valence electrons. The maximum absolute atomic E-state index is 3.48. The molecule has 2 heterocycles. The number of benzene rings is 1. The molecule has 2 aliphatic heterocycles. The summed E-state index contributed by atoms with van der Waals surface area (Å²) in [4.78, 5) is 5.10. The van der Waals surface area contributed by atoms with Crippen molar-refractivity contribution in [2.24, 2.45) is 0 Å². The summed E-state index contributed by atoms with van der Waals surface area (Å²) < 4.78 is 0. The van der Waals surface area contributed by atoms with Crippen LogP contribution in [0.15, 0.2) is 18.2 Å². The molecule has 19 heavy (non-hydrogen) atoms. The van der Waals surface area contributed by atoms with Crippen molar-refractivity contribution in [2.75, 3.05) is 38.5 Å². The van der Waals surface area contributed by atoms with E-state index in [1.165, 1.54) is 49.3 Å². The van der Waals surface area contributed by atoms with Crippen molar-refractivity contribution in [3.05, 3.63) is 29.3 Å². The van der Waals surface area contributed by atoms with Crippen LogP contribution in [-0.2, 0) is 13.0 Å². The Labute approximate surface area is 116 Å². The monoisotopic (exact) mass is 259 g/mol. The summed E-state index contributed by atoms with van der Waals surface area (Å²) in [6.45, 7) is 8.09. The Hall–Kier alpha value is -1.06. The summed E-state index contributed by atoms with van der Waals surface area (Å²) >= 11 is 0. The van der Waals surface area contributed by atoms with Gasteiger partial charge in [-0.3, -0.25) is 4.90 Å². The average Bonchev–Trinajstić information content (AvgIpc) is 2.88. The van der Waals surface area contributed by atoms with Crippen LogP contribution in [0.25, 0.3) is 0 Å². The molecule has 3 nitrogen and oxygen atoms in total. The molecule has 0 saturated carbocycles. The van der Waals surface area contributed by atoms with E-state index in [0.717, 1.165) is 19.1 Å². The van der Waals surface area contributed by atoms with Crippen molar-refractivity contribution in [1.82, 2.24) is 9.80 Å². The van der Waals surface area contributed by atoms with Crippen LogP contribution in [0.2, 0.25) is 0 Å². The van der Waals surface area contributed by atoms with E-state index in [0.29, 0.717) is 0 Å².